The quantitative estimate of drug-likeness (QED) is 0.293. The molecule has 6 atom stereocenters. The van der Waals surface area contributed by atoms with Crippen molar-refractivity contribution in [1.29, 1.82) is 0 Å². The predicted octanol–water partition coefficient (Wildman–Crippen LogP) is 8.51. The van der Waals surface area contributed by atoms with Crippen LogP contribution in [0.3, 0.4) is 0 Å². The molecular formula is C35H40O2. The molecule has 0 unspecified atom stereocenters. The normalized spacial score (nSPS) is 30.1. The Morgan fingerprint density at radius 2 is 1.62 bits per heavy atom. The first kappa shape index (κ1) is 24.5. The SMILES string of the molecule is C=CC[C@H]1C[C@]2(C)[C@@H](OCc3ccccc3)CC[C@H]2[C@@H]2CCc3cc(OCc4ccccc4)ccc3[C@@H]12. The van der Waals surface area contributed by atoms with Gasteiger partial charge in [-0.1, -0.05) is 79.7 Å². The molecule has 0 heterocycles. The molecular weight excluding hydrogens is 452 g/mol. The van der Waals surface area contributed by atoms with Crippen molar-refractivity contribution in [1.82, 2.24) is 0 Å². The summed E-state index contributed by atoms with van der Waals surface area (Å²) in [6.45, 7) is 8.06. The highest BCUT2D eigenvalue weighted by Crippen LogP contribution is 2.64. The zero-order valence-corrected chi connectivity index (χ0v) is 22.2. The molecule has 0 radical (unpaired) electrons. The van der Waals surface area contributed by atoms with E-state index in [2.05, 4.69) is 98.4 Å². The van der Waals surface area contributed by atoms with E-state index < -0.39 is 0 Å². The number of rotatable bonds is 8. The van der Waals surface area contributed by atoms with E-state index in [4.69, 9.17) is 9.47 Å². The zero-order valence-electron chi connectivity index (χ0n) is 22.2. The van der Waals surface area contributed by atoms with Crippen LogP contribution in [-0.2, 0) is 24.4 Å². The molecule has 2 heteroatoms. The lowest BCUT2D eigenvalue weighted by atomic mass is 9.51. The lowest BCUT2D eigenvalue weighted by Gasteiger charge is -2.54. The number of aryl methyl sites for hydroxylation is 1. The Morgan fingerprint density at radius 1 is 0.892 bits per heavy atom. The van der Waals surface area contributed by atoms with Gasteiger partial charge >= 0.3 is 0 Å². The van der Waals surface area contributed by atoms with Crippen molar-refractivity contribution in [2.75, 3.05) is 0 Å². The molecule has 0 N–H and O–H groups in total. The van der Waals surface area contributed by atoms with Crippen LogP contribution in [0.5, 0.6) is 5.75 Å². The summed E-state index contributed by atoms with van der Waals surface area (Å²) in [4.78, 5) is 0. The fourth-order valence-electron chi connectivity index (χ4n) is 8.14. The van der Waals surface area contributed by atoms with Gasteiger partial charge in [-0.3, -0.25) is 0 Å². The van der Waals surface area contributed by atoms with Crippen LogP contribution < -0.4 is 4.74 Å². The Balaban J connectivity index is 1.21. The average molecular weight is 493 g/mol. The van der Waals surface area contributed by atoms with E-state index in [0.29, 0.717) is 24.5 Å². The van der Waals surface area contributed by atoms with E-state index in [1.807, 2.05) is 0 Å². The second-order valence-electron chi connectivity index (χ2n) is 11.8. The van der Waals surface area contributed by atoms with E-state index in [1.165, 1.54) is 42.4 Å². The molecule has 2 nitrogen and oxygen atoms in total. The predicted molar refractivity (Wildman–Crippen MR) is 151 cm³/mol. The fourth-order valence-corrected chi connectivity index (χ4v) is 8.14. The smallest absolute Gasteiger partial charge is 0.120 e. The van der Waals surface area contributed by atoms with Gasteiger partial charge in [-0.2, -0.15) is 0 Å². The topological polar surface area (TPSA) is 18.5 Å². The molecule has 37 heavy (non-hydrogen) atoms. The van der Waals surface area contributed by atoms with E-state index in [9.17, 15) is 0 Å². The standard InChI is InChI=1S/C35H40O2/c1-3-10-28-22-35(2)32(19-20-33(35)37-24-26-13-8-5-9-14-26)31-17-15-27-21-29(16-18-30(27)34(28)31)36-23-25-11-6-4-7-12-25/h3-9,11-14,16,18,21,28,31-34H,1,10,15,17,19-20,22-24H2,2H3/t28-,31-,32-,33-,34+,35-/m0/s1. The molecule has 0 aliphatic heterocycles. The molecule has 3 aromatic rings. The van der Waals surface area contributed by atoms with Crippen molar-refractivity contribution in [2.24, 2.45) is 23.2 Å². The van der Waals surface area contributed by atoms with Crippen molar-refractivity contribution >= 4 is 0 Å². The zero-order chi connectivity index (χ0) is 25.2. The van der Waals surface area contributed by atoms with E-state index in [-0.39, 0.29) is 5.41 Å². The number of fused-ring (bicyclic) bond motifs is 5. The maximum Gasteiger partial charge on any atom is 0.120 e. The van der Waals surface area contributed by atoms with Crippen molar-refractivity contribution in [3.8, 4) is 5.75 Å². The summed E-state index contributed by atoms with van der Waals surface area (Å²) in [7, 11) is 0. The molecule has 0 amide bonds. The molecule has 2 fully saturated rings. The van der Waals surface area contributed by atoms with Crippen molar-refractivity contribution in [2.45, 2.75) is 70.7 Å². The highest BCUT2D eigenvalue weighted by atomic mass is 16.5. The van der Waals surface area contributed by atoms with Gasteiger partial charge in [-0.25, -0.2) is 0 Å². The molecule has 2 saturated carbocycles. The second-order valence-corrected chi connectivity index (χ2v) is 11.8. The number of ether oxygens (including phenoxy) is 2. The molecule has 192 valence electrons. The number of allylic oxidation sites excluding steroid dienone is 1. The maximum atomic E-state index is 6.67. The minimum atomic E-state index is 0.250. The van der Waals surface area contributed by atoms with Gasteiger partial charge in [0.15, 0.2) is 0 Å². The summed E-state index contributed by atoms with van der Waals surface area (Å²) in [5.41, 5.74) is 5.82. The monoisotopic (exact) mass is 492 g/mol. The first-order valence-corrected chi connectivity index (χ1v) is 14.2. The third-order valence-corrected chi connectivity index (χ3v) is 9.74. The summed E-state index contributed by atoms with van der Waals surface area (Å²) in [6, 6.07) is 28.0. The fraction of sp³-hybridized carbons (Fsp3) is 0.429. The summed E-state index contributed by atoms with van der Waals surface area (Å²) in [6.07, 6.45) is 9.74. The molecule has 3 aliphatic rings. The van der Waals surface area contributed by atoms with Crippen LogP contribution in [0.4, 0.5) is 0 Å². The number of hydrogen-bond donors (Lipinski definition) is 0. The highest BCUT2D eigenvalue weighted by Gasteiger charge is 2.57. The van der Waals surface area contributed by atoms with Crippen LogP contribution in [-0.4, -0.2) is 6.10 Å². The van der Waals surface area contributed by atoms with Gasteiger partial charge < -0.3 is 9.47 Å². The van der Waals surface area contributed by atoms with Crippen LogP contribution in [0.2, 0.25) is 0 Å². The van der Waals surface area contributed by atoms with E-state index >= 15 is 0 Å². The Labute approximate surface area is 222 Å². The van der Waals surface area contributed by atoms with Gasteiger partial charge in [-0.05, 0) is 102 Å². The first-order chi connectivity index (χ1) is 18.2. The van der Waals surface area contributed by atoms with Crippen LogP contribution in [0.1, 0.15) is 67.2 Å². The van der Waals surface area contributed by atoms with E-state index in [1.54, 1.807) is 5.56 Å². The van der Waals surface area contributed by atoms with Crippen molar-refractivity contribution < 1.29 is 9.47 Å². The summed E-state index contributed by atoms with van der Waals surface area (Å²) in [5.74, 6) is 3.71. The first-order valence-electron chi connectivity index (χ1n) is 14.2. The summed E-state index contributed by atoms with van der Waals surface area (Å²) >= 11 is 0. The van der Waals surface area contributed by atoms with Crippen LogP contribution in [0.25, 0.3) is 0 Å². The minimum absolute atomic E-state index is 0.250. The maximum absolute atomic E-state index is 6.67. The Hall–Kier alpha value is -2.84. The van der Waals surface area contributed by atoms with Gasteiger partial charge in [0.2, 0.25) is 0 Å². The Kier molecular flexibility index (Phi) is 6.95. The number of benzene rings is 3. The average Bonchev–Trinajstić information content (AvgIpc) is 3.27. The van der Waals surface area contributed by atoms with Gasteiger partial charge in [0.05, 0.1) is 12.7 Å². The molecule has 3 aliphatic carbocycles. The summed E-state index contributed by atoms with van der Waals surface area (Å²) in [5, 5.41) is 0. The lowest BCUT2D eigenvalue weighted by molar-refractivity contribution is -0.0861. The lowest BCUT2D eigenvalue weighted by Crippen LogP contribution is -2.48. The molecule has 0 aromatic heterocycles. The third-order valence-electron chi connectivity index (χ3n) is 9.74. The van der Waals surface area contributed by atoms with Crippen LogP contribution in [0.15, 0.2) is 91.5 Å². The van der Waals surface area contributed by atoms with Gasteiger partial charge in [0.25, 0.3) is 0 Å². The van der Waals surface area contributed by atoms with Gasteiger partial charge in [0.1, 0.15) is 12.4 Å². The Morgan fingerprint density at radius 3 is 2.35 bits per heavy atom. The van der Waals surface area contributed by atoms with Crippen LogP contribution in [0, 0.1) is 23.2 Å². The third kappa shape index (κ3) is 4.77. The molecule has 0 bridgehead atoms. The number of hydrogen-bond acceptors (Lipinski definition) is 2. The van der Waals surface area contributed by atoms with Crippen LogP contribution >= 0.6 is 0 Å². The van der Waals surface area contributed by atoms with Gasteiger partial charge in [-0.15, -0.1) is 6.58 Å². The molecule has 6 rings (SSSR count). The van der Waals surface area contributed by atoms with Crippen molar-refractivity contribution in [3.05, 3.63) is 114 Å². The molecule has 0 spiro atoms. The summed E-state index contributed by atoms with van der Waals surface area (Å²) < 4.78 is 12.9. The van der Waals surface area contributed by atoms with E-state index in [0.717, 1.165) is 37.0 Å². The molecule has 3 aromatic carbocycles. The van der Waals surface area contributed by atoms with Gasteiger partial charge in [0, 0.05) is 0 Å². The van der Waals surface area contributed by atoms with Crippen molar-refractivity contribution in [3.63, 3.8) is 0 Å². The largest absolute Gasteiger partial charge is 0.489 e. The Bertz CT molecular complexity index is 1200. The highest BCUT2D eigenvalue weighted by molar-refractivity contribution is 5.41. The molecule has 0 saturated heterocycles. The minimum Gasteiger partial charge on any atom is -0.489 e. The second kappa shape index (κ2) is 10.5.